The summed E-state index contributed by atoms with van der Waals surface area (Å²) in [5, 5.41) is 20.2. The van der Waals surface area contributed by atoms with Crippen LogP contribution in [-0.2, 0) is 0 Å². The molecule has 0 heterocycles. The van der Waals surface area contributed by atoms with Crippen LogP contribution in [0.3, 0.4) is 0 Å². The van der Waals surface area contributed by atoms with Crippen LogP contribution in [0.4, 0.5) is 11.4 Å². The Morgan fingerprint density at radius 3 is 0.921 bits per heavy atom. The second kappa shape index (κ2) is 11.4. The lowest BCUT2D eigenvalue weighted by molar-refractivity contribution is 1.37. The molecule has 38 heavy (non-hydrogen) atoms. The number of nitrogens with zero attached hydrogens (tertiary/aromatic N) is 4. The molecule has 0 unspecified atom stereocenters. The Bertz CT molecular complexity index is 1480. The summed E-state index contributed by atoms with van der Waals surface area (Å²) in [5.74, 6) is 0. The first-order valence-electron chi connectivity index (χ1n) is 12.1. The van der Waals surface area contributed by atoms with E-state index in [1.54, 1.807) is 12.1 Å². The minimum absolute atomic E-state index is 0.340. The van der Waals surface area contributed by atoms with Crippen LogP contribution in [0.5, 0.6) is 0 Å². The quantitative estimate of drug-likeness (QED) is 0.230. The Kier molecular flexibility index (Phi) is 7.26. The molecule has 0 amide bonds. The zero-order valence-corrected chi connectivity index (χ0v) is 20.5. The van der Waals surface area contributed by atoms with Gasteiger partial charge >= 0.3 is 0 Å². The van der Waals surface area contributed by atoms with Crippen molar-refractivity contribution in [1.29, 1.82) is 10.5 Å². The fourth-order valence-corrected chi connectivity index (χ4v) is 4.16. The fraction of sp³-hybridized carbons (Fsp3) is 0. The molecule has 5 rings (SSSR count). The SMILES string of the molecule is N#Cc1cc(N=C(c2ccccc2)c2ccccc2)c(C#N)cc1N=C(c1ccccc1)c1ccccc1. The summed E-state index contributed by atoms with van der Waals surface area (Å²) >= 11 is 0. The number of hydrogen-bond donors (Lipinski definition) is 0. The van der Waals surface area contributed by atoms with Crippen LogP contribution in [0.1, 0.15) is 33.4 Å². The zero-order valence-electron chi connectivity index (χ0n) is 20.5. The molecule has 0 spiro atoms. The van der Waals surface area contributed by atoms with E-state index in [2.05, 4.69) is 12.1 Å². The van der Waals surface area contributed by atoms with Crippen molar-refractivity contribution in [3.05, 3.63) is 167 Å². The van der Waals surface area contributed by atoms with Crippen LogP contribution in [-0.4, -0.2) is 11.4 Å². The molecule has 0 bridgehead atoms. The van der Waals surface area contributed by atoms with Crippen molar-refractivity contribution in [1.82, 2.24) is 0 Å². The smallest absolute Gasteiger partial charge is 0.101 e. The van der Waals surface area contributed by atoms with Gasteiger partial charge in [-0.25, -0.2) is 9.98 Å². The Morgan fingerprint density at radius 1 is 0.421 bits per heavy atom. The van der Waals surface area contributed by atoms with Gasteiger partial charge in [0.25, 0.3) is 0 Å². The van der Waals surface area contributed by atoms with E-state index in [1.165, 1.54) is 0 Å². The van der Waals surface area contributed by atoms with Crippen molar-refractivity contribution in [2.45, 2.75) is 0 Å². The van der Waals surface area contributed by atoms with Crippen LogP contribution in [0.2, 0.25) is 0 Å². The molecule has 5 aromatic rings. The molecule has 4 heteroatoms. The molecule has 0 fully saturated rings. The highest BCUT2D eigenvalue weighted by atomic mass is 14.8. The number of nitriles is 2. The van der Waals surface area contributed by atoms with Gasteiger partial charge in [0.15, 0.2) is 0 Å². The molecule has 178 valence electrons. The summed E-state index contributed by atoms with van der Waals surface area (Å²) in [6, 6.07) is 47.1. The standard InChI is InChI=1S/C34H22N4/c35-23-29-22-32(38-34(27-17-9-3-10-18-27)28-19-11-4-12-20-28)30(24-36)21-31(29)37-33(25-13-5-1-6-14-25)26-15-7-2-8-16-26/h1-22H. The lowest BCUT2D eigenvalue weighted by Crippen LogP contribution is -2.04. The van der Waals surface area contributed by atoms with E-state index in [0.717, 1.165) is 33.7 Å². The van der Waals surface area contributed by atoms with Crippen molar-refractivity contribution >= 4 is 22.8 Å². The van der Waals surface area contributed by atoms with Gasteiger partial charge in [0.05, 0.1) is 33.9 Å². The van der Waals surface area contributed by atoms with Gasteiger partial charge in [0.1, 0.15) is 12.1 Å². The Balaban J connectivity index is 1.69. The van der Waals surface area contributed by atoms with Gasteiger partial charge in [-0.3, -0.25) is 0 Å². The maximum absolute atomic E-state index is 10.1. The summed E-state index contributed by atoms with van der Waals surface area (Å²) in [6.07, 6.45) is 0. The maximum Gasteiger partial charge on any atom is 0.101 e. The minimum Gasteiger partial charge on any atom is -0.246 e. The second-order valence-corrected chi connectivity index (χ2v) is 8.50. The van der Waals surface area contributed by atoms with E-state index in [9.17, 15) is 10.5 Å². The summed E-state index contributed by atoms with van der Waals surface area (Å²) in [4.78, 5) is 9.82. The fourth-order valence-electron chi connectivity index (χ4n) is 4.16. The zero-order chi connectivity index (χ0) is 26.2. The number of rotatable bonds is 6. The predicted molar refractivity (Wildman–Crippen MR) is 152 cm³/mol. The molecule has 0 atom stereocenters. The second-order valence-electron chi connectivity index (χ2n) is 8.50. The molecule has 0 aliphatic heterocycles. The molecular weight excluding hydrogens is 464 g/mol. The largest absolute Gasteiger partial charge is 0.246 e. The van der Waals surface area contributed by atoms with Crippen LogP contribution in [0, 0.1) is 22.7 Å². The van der Waals surface area contributed by atoms with Crippen LogP contribution >= 0.6 is 0 Å². The van der Waals surface area contributed by atoms with Crippen LogP contribution in [0.15, 0.2) is 143 Å². The van der Waals surface area contributed by atoms with Gasteiger partial charge in [-0.05, 0) is 12.1 Å². The lowest BCUT2D eigenvalue weighted by atomic mass is 10.0. The highest BCUT2D eigenvalue weighted by molar-refractivity contribution is 6.15. The summed E-state index contributed by atoms with van der Waals surface area (Å²) in [6.45, 7) is 0. The van der Waals surface area contributed by atoms with Gasteiger partial charge in [0, 0.05) is 22.3 Å². The Morgan fingerprint density at radius 2 is 0.684 bits per heavy atom. The van der Waals surface area contributed by atoms with E-state index in [-0.39, 0.29) is 0 Å². The first-order valence-corrected chi connectivity index (χ1v) is 12.1. The number of hydrogen-bond acceptors (Lipinski definition) is 4. The third-order valence-corrected chi connectivity index (χ3v) is 6.01. The first kappa shape index (κ1) is 24.1. The Hall–Kier alpha value is -5.58. The molecule has 0 radical (unpaired) electrons. The summed E-state index contributed by atoms with van der Waals surface area (Å²) in [7, 11) is 0. The molecule has 4 nitrogen and oxygen atoms in total. The van der Waals surface area contributed by atoms with Gasteiger partial charge in [0.2, 0.25) is 0 Å². The summed E-state index contributed by atoms with van der Waals surface area (Å²) < 4.78 is 0. The van der Waals surface area contributed by atoms with E-state index in [4.69, 9.17) is 9.98 Å². The van der Waals surface area contributed by atoms with Gasteiger partial charge in [-0.2, -0.15) is 10.5 Å². The van der Waals surface area contributed by atoms with Crippen molar-refractivity contribution in [3.8, 4) is 12.1 Å². The molecule has 0 saturated carbocycles. The van der Waals surface area contributed by atoms with Gasteiger partial charge < -0.3 is 0 Å². The average Bonchev–Trinajstić information content (AvgIpc) is 3.00. The third kappa shape index (κ3) is 5.31. The number of aliphatic imine (C=N–C) groups is 2. The van der Waals surface area contributed by atoms with E-state index >= 15 is 0 Å². The molecular formula is C34H22N4. The van der Waals surface area contributed by atoms with Crippen LogP contribution in [0.25, 0.3) is 0 Å². The molecule has 5 aromatic carbocycles. The topological polar surface area (TPSA) is 72.3 Å². The maximum atomic E-state index is 10.1. The van der Waals surface area contributed by atoms with Crippen molar-refractivity contribution in [2.75, 3.05) is 0 Å². The lowest BCUT2D eigenvalue weighted by Gasteiger charge is -2.11. The van der Waals surface area contributed by atoms with Crippen LogP contribution < -0.4 is 0 Å². The Labute approximate surface area is 222 Å². The molecule has 0 aliphatic carbocycles. The molecule has 0 aromatic heterocycles. The third-order valence-electron chi connectivity index (χ3n) is 6.01. The predicted octanol–water partition coefficient (Wildman–Crippen LogP) is 7.77. The minimum atomic E-state index is 0.340. The normalized spacial score (nSPS) is 10.1. The monoisotopic (exact) mass is 486 g/mol. The summed E-state index contributed by atoms with van der Waals surface area (Å²) in [5.41, 5.74) is 6.63. The van der Waals surface area contributed by atoms with Gasteiger partial charge in [-0.1, -0.05) is 121 Å². The van der Waals surface area contributed by atoms with Gasteiger partial charge in [-0.15, -0.1) is 0 Å². The van der Waals surface area contributed by atoms with Crippen molar-refractivity contribution < 1.29 is 0 Å². The molecule has 0 N–H and O–H groups in total. The van der Waals surface area contributed by atoms with Crippen molar-refractivity contribution in [3.63, 3.8) is 0 Å². The van der Waals surface area contributed by atoms with E-state index < -0.39 is 0 Å². The van der Waals surface area contributed by atoms with Crippen molar-refractivity contribution in [2.24, 2.45) is 9.98 Å². The molecule has 0 aliphatic rings. The highest BCUT2D eigenvalue weighted by Gasteiger charge is 2.15. The first-order chi connectivity index (χ1) is 18.8. The average molecular weight is 487 g/mol. The molecule has 0 saturated heterocycles. The van der Waals surface area contributed by atoms with E-state index in [1.807, 2.05) is 121 Å². The number of benzene rings is 5. The van der Waals surface area contributed by atoms with E-state index in [0.29, 0.717) is 22.5 Å². The highest BCUT2D eigenvalue weighted by Crippen LogP contribution is 2.31.